The molecule has 0 amide bonds. The van der Waals surface area contributed by atoms with Crippen LogP contribution in [-0.4, -0.2) is 32.1 Å². The molecule has 0 fully saturated rings. The molecule has 0 heterocycles. The Hall–Kier alpha value is -1.64. The van der Waals surface area contributed by atoms with Crippen molar-refractivity contribution in [3.63, 3.8) is 0 Å². The normalized spacial score (nSPS) is 12.5. The molecule has 0 saturated heterocycles. The molecule has 2 aromatic carbocycles. The zero-order chi connectivity index (χ0) is 16.3. The summed E-state index contributed by atoms with van der Waals surface area (Å²) >= 11 is 0. The van der Waals surface area contributed by atoms with Gasteiger partial charge in [0.1, 0.15) is 0 Å². The Labute approximate surface area is 141 Å². The highest BCUT2D eigenvalue weighted by Crippen LogP contribution is 2.19. The van der Waals surface area contributed by atoms with Crippen molar-refractivity contribution in [2.45, 2.75) is 31.7 Å². The first-order valence-electron chi connectivity index (χ1n) is 8.72. The van der Waals surface area contributed by atoms with Gasteiger partial charge in [-0.2, -0.15) is 0 Å². The SMILES string of the molecule is CN(C)CCCNC(CCCc1ccccc1)c1ccccc1. The van der Waals surface area contributed by atoms with E-state index in [2.05, 4.69) is 85.0 Å². The van der Waals surface area contributed by atoms with Crippen LogP contribution in [-0.2, 0) is 6.42 Å². The van der Waals surface area contributed by atoms with Crippen molar-refractivity contribution >= 4 is 0 Å². The van der Waals surface area contributed by atoms with E-state index in [1.165, 1.54) is 30.4 Å². The number of hydrogen-bond donors (Lipinski definition) is 1. The van der Waals surface area contributed by atoms with Crippen LogP contribution < -0.4 is 5.32 Å². The minimum atomic E-state index is 0.460. The third-order valence-electron chi connectivity index (χ3n) is 4.18. The maximum Gasteiger partial charge on any atom is 0.0320 e. The lowest BCUT2D eigenvalue weighted by molar-refractivity contribution is 0.382. The van der Waals surface area contributed by atoms with E-state index in [1.807, 2.05) is 0 Å². The maximum absolute atomic E-state index is 3.75. The number of benzene rings is 2. The molecular weight excluding hydrogens is 280 g/mol. The Morgan fingerprint density at radius 1 is 0.870 bits per heavy atom. The van der Waals surface area contributed by atoms with Crippen LogP contribution in [0.5, 0.6) is 0 Å². The summed E-state index contributed by atoms with van der Waals surface area (Å²) in [6.07, 6.45) is 4.74. The summed E-state index contributed by atoms with van der Waals surface area (Å²) in [5, 5.41) is 3.75. The van der Waals surface area contributed by atoms with Crippen molar-refractivity contribution in [3.8, 4) is 0 Å². The van der Waals surface area contributed by atoms with Gasteiger partial charge in [-0.3, -0.25) is 0 Å². The molecule has 2 heteroatoms. The molecule has 1 N–H and O–H groups in total. The second-order valence-corrected chi connectivity index (χ2v) is 6.45. The van der Waals surface area contributed by atoms with Crippen molar-refractivity contribution in [2.24, 2.45) is 0 Å². The Kier molecular flexibility index (Phi) is 7.85. The molecule has 2 rings (SSSR count). The second-order valence-electron chi connectivity index (χ2n) is 6.45. The van der Waals surface area contributed by atoms with Gasteiger partial charge in [0.15, 0.2) is 0 Å². The van der Waals surface area contributed by atoms with E-state index in [-0.39, 0.29) is 0 Å². The molecular formula is C21H30N2. The van der Waals surface area contributed by atoms with Gasteiger partial charge in [0.2, 0.25) is 0 Å². The standard InChI is InChI=1S/C21H30N2/c1-23(2)18-10-17-22-21(20-14-7-4-8-15-20)16-9-13-19-11-5-3-6-12-19/h3-8,11-12,14-15,21-22H,9-10,13,16-18H2,1-2H3. The summed E-state index contributed by atoms with van der Waals surface area (Å²) in [6, 6.07) is 22.1. The van der Waals surface area contributed by atoms with Gasteiger partial charge in [-0.05, 0) is 64.0 Å². The van der Waals surface area contributed by atoms with E-state index in [1.54, 1.807) is 0 Å². The van der Waals surface area contributed by atoms with E-state index in [4.69, 9.17) is 0 Å². The molecule has 0 saturated carbocycles. The van der Waals surface area contributed by atoms with Crippen LogP contribution >= 0.6 is 0 Å². The van der Waals surface area contributed by atoms with Crippen LogP contribution in [0.1, 0.15) is 36.4 Å². The van der Waals surface area contributed by atoms with Crippen LogP contribution in [0.4, 0.5) is 0 Å². The Balaban J connectivity index is 1.83. The number of nitrogens with zero attached hydrogens (tertiary/aromatic N) is 1. The molecule has 0 aromatic heterocycles. The summed E-state index contributed by atoms with van der Waals surface area (Å²) < 4.78 is 0. The minimum absolute atomic E-state index is 0.460. The molecule has 0 spiro atoms. The van der Waals surface area contributed by atoms with Gasteiger partial charge < -0.3 is 10.2 Å². The molecule has 1 unspecified atom stereocenters. The predicted octanol–water partition coefficient (Wildman–Crippen LogP) is 4.29. The van der Waals surface area contributed by atoms with E-state index >= 15 is 0 Å². The zero-order valence-electron chi connectivity index (χ0n) is 14.5. The summed E-state index contributed by atoms with van der Waals surface area (Å²) in [4.78, 5) is 2.24. The first-order chi connectivity index (χ1) is 11.3. The van der Waals surface area contributed by atoms with Crippen LogP contribution in [0.3, 0.4) is 0 Å². The first kappa shape index (κ1) is 17.7. The maximum atomic E-state index is 3.75. The highest BCUT2D eigenvalue weighted by Gasteiger charge is 2.10. The van der Waals surface area contributed by atoms with E-state index in [0.717, 1.165) is 19.5 Å². The van der Waals surface area contributed by atoms with Gasteiger partial charge in [-0.15, -0.1) is 0 Å². The van der Waals surface area contributed by atoms with E-state index < -0.39 is 0 Å². The van der Waals surface area contributed by atoms with Crippen molar-refractivity contribution in [3.05, 3.63) is 71.8 Å². The van der Waals surface area contributed by atoms with Crippen LogP contribution in [0.15, 0.2) is 60.7 Å². The van der Waals surface area contributed by atoms with Gasteiger partial charge in [0.25, 0.3) is 0 Å². The smallest absolute Gasteiger partial charge is 0.0320 e. The number of rotatable bonds is 10. The average Bonchev–Trinajstić information content (AvgIpc) is 2.58. The molecule has 0 aliphatic heterocycles. The topological polar surface area (TPSA) is 15.3 Å². The third kappa shape index (κ3) is 6.98. The van der Waals surface area contributed by atoms with Crippen molar-refractivity contribution in [1.29, 1.82) is 0 Å². The molecule has 2 nitrogen and oxygen atoms in total. The summed E-state index contributed by atoms with van der Waals surface area (Å²) in [7, 11) is 4.27. The Morgan fingerprint density at radius 3 is 2.17 bits per heavy atom. The quantitative estimate of drug-likeness (QED) is 0.659. The predicted molar refractivity (Wildman–Crippen MR) is 99.7 cm³/mol. The molecule has 0 bridgehead atoms. The third-order valence-corrected chi connectivity index (χ3v) is 4.18. The molecule has 0 aliphatic carbocycles. The van der Waals surface area contributed by atoms with Gasteiger partial charge in [0, 0.05) is 6.04 Å². The fraction of sp³-hybridized carbons (Fsp3) is 0.429. The highest BCUT2D eigenvalue weighted by molar-refractivity contribution is 5.19. The molecule has 2 aromatic rings. The van der Waals surface area contributed by atoms with Crippen LogP contribution in [0.25, 0.3) is 0 Å². The van der Waals surface area contributed by atoms with Crippen LogP contribution in [0.2, 0.25) is 0 Å². The van der Waals surface area contributed by atoms with Gasteiger partial charge in [-0.25, -0.2) is 0 Å². The molecule has 0 aliphatic rings. The molecule has 0 radical (unpaired) electrons. The number of nitrogens with one attached hydrogen (secondary N) is 1. The first-order valence-corrected chi connectivity index (χ1v) is 8.72. The lowest BCUT2D eigenvalue weighted by atomic mass is 9.99. The second kappa shape index (κ2) is 10.2. The Bertz CT molecular complexity index is 522. The average molecular weight is 310 g/mol. The fourth-order valence-corrected chi connectivity index (χ4v) is 2.90. The largest absolute Gasteiger partial charge is 0.310 e. The lowest BCUT2D eigenvalue weighted by Crippen LogP contribution is -2.25. The van der Waals surface area contributed by atoms with Gasteiger partial charge in [-0.1, -0.05) is 60.7 Å². The van der Waals surface area contributed by atoms with Crippen molar-refractivity contribution < 1.29 is 0 Å². The molecule has 1 atom stereocenters. The highest BCUT2D eigenvalue weighted by atomic mass is 15.1. The zero-order valence-corrected chi connectivity index (χ0v) is 14.5. The summed E-state index contributed by atoms with van der Waals surface area (Å²) in [5.41, 5.74) is 2.84. The van der Waals surface area contributed by atoms with E-state index in [0.29, 0.717) is 6.04 Å². The van der Waals surface area contributed by atoms with Crippen LogP contribution in [0, 0.1) is 0 Å². The Morgan fingerprint density at radius 2 is 1.52 bits per heavy atom. The summed E-state index contributed by atoms with van der Waals surface area (Å²) in [5.74, 6) is 0. The number of aryl methyl sites for hydroxylation is 1. The van der Waals surface area contributed by atoms with Crippen molar-refractivity contribution in [1.82, 2.24) is 10.2 Å². The van der Waals surface area contributed by atoms with E-state index in [9.17, 15) is 0 Å². The van der Waals surface area contributed by atoms with Gasteiger partial charge in [0.05, 0.1) is 0 Å². The van der Waals surface area contributed by atoms with Gasteiger partial charge >= 0.3 is 0 Å². The summed E-state index contributed by atoms with van der Waals surface area (Å²) in [6.45, 7) is 2.21. The monoisotopic (exact) mass is 310 g/mol. The van der Waals surface area contributed by atoms with Crippen molar-refractivity contribution in [2.75, 3.05) is 27.2 Å². The molecule has 23 heavy (non-hydrogen) atoms. The fourth-order valence-electron chi connectivity index (χ4n) is 2.90. The minimum Gasteiger partial charge on any atom is -0.310 e. The lowest BCUT2D eigenvalue weighted by Gasteiger charge is -2.20. The molecule has 124 valence electrons. The number of hydrogen-bond acceptors (Lipinski definition) is 2.